The molecule has 5 rings (SSSR count). The van der Waals surface area contributed by atoms with Gasteiger partial charge in [-0.2, -0.15) is 0 Å². The lowest BCUT2D eigenvalue weighted by atomic mass is 10.1. The Morgan fingerprint density at radius 3 is 2.64 bits per heavy atom. The first-order chi connectivity index (χ1) is 21.1. The molecule has 0 aliphatic carbocycles. The van der Waals surface area contributed by atoms with Gasteiger partial charge in [0, 0.05) is 47.4 Å². The summed E-state index contributed by atoms with van der Waals surface area (Å²) in [6.07, 6.45) is 4.40. The normalized spacial score (nSPS) is 12.2. The van der Waals surface area contributed by atoms with Crippen LogP contribution in [0, 0.1) is 0 Å². The summed E-state index contributed by atoms with van der Waals surface area (Å²) in [4.78, 5) is 43.4. The van der Waals surface area contributed by atoms with Crippen LogP contribution in [0.2, 0.25) is 0 Å². The van der Waals surface area contributed by atoms with E-state index < -0.39 is 27.0 Å². The van der Waals surface area contributed by atoms with Gasteiger partial charge in [0.25, 0.3) is 5.56 Å². The van der Waals surface area contributed by atoms with Crippen molar-refractivity contribution in [3.63, 3.8) is 0 Å². The van der Waals surface area contributed by atoms with E-state index in [9.17, 15) is 26.8 Å². The Bertz CT molecular complexity index is 2000. The molecule has 0 fully saturated rings. The van der Waals surface area contributed by atoms with Gasteiger partial charge in [0.2, 0.25) is 5.91 Å². The Balaban J connectivity index is 1.29. The maximum atomic E-state index is 13.2. The zero-order valence-corrected chi connectivity index (χ0v) is 26.3. The van der Waals surface area contributed by atoms with E-state index in [0.29, 0.717) is 34.5 Å². The third-order valence-electron chi connectivity index (χ3n) is 6.07. The molecule has 0 aliphatic rings. The highest BCUT2D eigenvalue weighted by Gasteiger charge is 2.17. The third-order valence-corrected chi connectivity index (χ3v) is 9.40. The quantitative estimate of drug-likeness (QED) is 0.117. The summed E-state index contributed by atoms with van der Waals surface area (Å²) in [7, 11) is -3.62. The smallest absolute Gasteiger partial charge is 0.282 e. The third kappa shape index (κ3) is 7.92. The SMILES string of the molecule is CS(=O)(=O)CN(c1cccc(-c2csc(NC(=O)CSc3nc4nccnc4c(=O)n3CCc3ccccc3)n2)c1)S(=O)[O-]. The maximum absolute atomic E-state index is 13.2. The molecule has 17 heteroatoms. The summed E-state index contributed by atoms with van der Waals surface area (Å²) in [5.41, 5.74) is 2.18. The first kappa shape index (κ1) is 31.4. The van der Waals surface area contributed by atoms with Gasteiger partial charge in [0.15, 0.2) is 31.3 Å². The molecule has 3 heterocycles. The van der Waals surface area contributed by atoms with E-state index in [4.69, 9.17) is 0 Å². The van der Waals surface area contributed by atoms with Crippen LogP contribution in [-0.4, -0.2) is 65.5 Å². The highest BCUT2D eigenvalue weighted by Crippen LogP contribution is 2.29. The van der Waals surface area contributed by atoms with Crippen LogP contribution in [0.5, 0.6) is 0 Å². The van der Waals surface area contributed by atoms with Gasteiger partial charge in [0.05, 0.1) is 17.1 Å². The zero-order valence-electron chi connectivity index (χ0n) is 23.0. The highest BCUT2D eigenvalue weighted by atomic mass is 32.2. The molecule has 0 saturated heterocycles. The molecule has 0 aliphatic heterocycles. The topological polar surface area (TPSA) is 180 Å². The van der Waals surface area contributed by atoms with E-state index in [0.717, 1.165) is 27.9 Å². The number of hydrogen-bond donors (Lipinski definition) is 1. The van der Waals surface area contributed by atoms with Crippen molar-refractivity contribution in [3.8, 4) is 11.3 Å². The first-order valence-corrected chi connectivity index (χ1v) is 17.8. The van der Waals surface area contributed by atoms with Crippen molar-refractivity contribution in [1.82, 2.24) is 24.5 Å². The number of hydrogen-bond acceptors (Lipinski definition) is 12. The Labute approximate surface area is 262 Å². The summed E-state index contributed by atoms with van der Waals surface area (Å²) in [5, 5.41) is 5.05. The average molecular weight is 671 g/mol. The van der Waals surface area contributed by atoms with Gasteiger partial charge in [-0.15, -0.1) is 11.3 Å². The van der Waals surface area contributed by atoms with Crippen LogP contribution < -0.4 is 15.2 Å². The number of nitrogens with zero attached hydrogens (tertiary/aromatic N) is 6. The van der Waals surface area contributed by atoms with E-state index >= 15 is 0 Å². The minimum absolute atomic E-state index is 0.0658. The van der Waals surface area contributed by atoms with Crippen LogP contribution in [-0.2, 0) is 38.9 Å². The van der Waals surface area contributed by atoms with Crippen LogP contribution >= 0.6 is 23.1 Å². The lowest BCUT2D eigenvalue weighted by Gasteiger charge is -2.25. The van der Waals surface area contributed by atoms with Crippen LogP contribution in [0.15, 0.2) is 82.3 Å². The molecule has 13 nitrogen and oxygen atoms in total. The second-order valence-corrected chi connectivity index (χ2v) is 14.2. The van der Waals surface area contributed by atoms with Gasteiger partial charge < -0.3 is 9.87 Å². The predicted molar refractivity (Wildman–Crippen MR) is 170 cm³/mol. The van der Waals surface area contributed by atoms with Crippen LogP contribution in [0.25, 0.3) is 22.4 Å². The zero-order chi connectivity index (χ0) is 31.3. The molecule has 2 aromatic carbocycles. The predicted octanol–water partition coefficient (Wildman–Crippen LogP) is 2.89. The molecule has 0 spiro atoms. The van der Waals surface area contributed by atoms with E-state index in [1.807, 2.05) is 30.3 Å². The number of rotatable bonds is 12. The van der Waals surface area contributed by atoms with Gasteiger partial charge in [-0.05, 0) is 24.1 Å². The molecule has 3 aromatic heterocycles. The fourth-order valence-electron chi connectivity index (χ4n) is 4.11. The molecule has 5 aromatic rings. The number of aromatic nitrogens is 5. The van der Waals surface area contributed by atoms with Gasteiger partial charge in [-0.1, -0.05) is 54.2 Å². The van der Waals surface area contributed by atoms with Crippen LogP contribution in [0.4, 0.5) is 10.8 Å². The molecular formula is C27H24N7O6S4-. The van der Waals surface area contributed by atoms with Crippen molar-refractivity contribution in [2.75, 3.05) is 27.5 Å². The molecule has 0 saturated carbocycles. The number of sulfone groups is 1. The Hall–Kier alpha value is -4.03. The molecule has 1 N–H and O–H groups in total. The number of anilines is 2. The van der Waals surface area contributed by atoms with Crippen molar-refractivity contribution < 1.29 is 22.0 Å². The van der Waals surface area contributed by atoms with E-state index in [1.165, 1.54) is 40.4 Å². The number of benzene rings is 2. The number of thioether (sulfide) groups is 1. The largest absolute Gasteiger partial charge is 0.755 e. The van der Waals surface area contributed by atoms with Crippen molar-refractivity contribution in [2.24, 2.45) is 0 Å². The summed E-state index contributed by atoms with van der Waals surface area (Å²) < 4.78 is 49.0. The van der Waals surface area contributed by atoms with Crippen molar-refractivity contribution in [3.05, 3.63) is 88.3 Å². The Kier molecular flexibility index (Phi) is 9.80. The summed E-state index contributed by atoms with van der Waals surface area (Å²) in [6, 6.07) is 15.9. The number of fused-ring (bicyclic) bond motifs is 1. The van der Waals surface area contributed by atoms with E-state index in [2.05, 4.69) is 25.3 Å². The average Bonchev–Trinajstić information content (AvgIpc) is 3.47. The monoisotopic (exact) mass is 670 g/mol. The van der Waals surface area contributed by atoms with Crippen molar-refractivity contribution in [1.29, 1.82) is 0 Å². The van der Waals surface area contributed by atoms with Crippen molar-refractivity contribution in [2.45, 2.75) is 18.1 Å². The second kappa shape index (κ2) is 13.7. The number of nitrogens with one attached hydrogen (secondary N) is 1. The van der Waals surface area contributed by atoms with Gasteiger partial charge in [-0.3, -0.25) is 22.7 Å². The minimum atomic E-state index is -3.62. The number of thiazole rings is 1. The number of aryl methyl sites for hydroxylation is 1. The molecule has 0 radical (unpaired) electrons. The number of amides is 1. The molecule has 1 atom stereocenters. The maximum Gasteiger partial charge on any atom is 0.282 e. The molecule has 0 bridgehead atoms. The summed E-state index contributed by atoms with van der Waals surface area (Å²) in [5.74, 6) is -1.15. The molecule has 1 unspecified atom stereocenters. The van der Waals surface area contributed by atoms with E-state index in [-0.39, 0.29) is 34.1 Å². The van der Waals surface area contributed by atoms with Crippen LogP contribution in [0.3, 0.4) is 0 Å². The summed E-state index contributed by atoms with van der Waals surface area (Å²) in [6.45, 7) is 0.336. The van der Waals surface area contributed by atoms with Gasteiger partial charge in [-0.25, -0.2) is 28.4 Å². The molecule has 1 amide bonds. The lowest BCUT2D eigenvalue weighted by molar-refractivity contribution is -0.113. The second-order valence-electron chi connectivity index (χ2n) is 9.39. The fourth-order valence-corrected chi connectivity index (χ4v) is 7.44. The Morgan fingerprint density at radius 2 is 1.89 bits per heavy atom. The number of carbonyl (C=O) groups is 1. The summed E-state index contributed by atoms with van der Waals surface area (Å²) >= 11 is -0.560. The minimum Gasteiger partial charge on any atom is -0.755 e. The van der Waals surface area contributed by atoms with Crippen molar-refractivity contribution >= 4 is 72.1 Å². The Morgan fingerprint density at radius 1 is 1.11 bits per heavy atom. The van der Waals surface area contributed by atoms with Gasteiger partial charge in [0.1, 0.15) is 5.88 Å². The fraction of sp³-hybridized carbons (Fsp3) is 0.185. The standard InChI is InChI=1S/C27H25N7O6S4/c1-44(39,40)17-34(43(37)38)20-9-5-8-19(14-20)21-15-41-26(30-21)31-22(35)16-42-27-32-24-23(28-11-12-29-24)25(36)33(27)13-10-18-6-3-2-4-7-18/h2-9,11-12,14-15H,10,13,16-17H2,1H3,(H,37,38)(H,30,31,35)/p-1. The van der Waals surface area contributed by atoms with Crippen LogP contribution in [0.1, 0.15) is 5.56 Å². The number of carbonyl (C=O) groups excluding carboxylic acids is 1. The highest BCUT2D eigenvalue weighted by molar-refractivity contribution is 7.99. The van der Waals surface area contributed by atoms with Gasteiger partial charge >= 0.3 is 0 Å². The molecule has 228 valence electrons. The first-order valence-electron chi connectivity index (χ1n) is 12.9. The molecule has 44 heavy (non-hydrogen) atoms. The van der Waals surface area contributed by atoms with E-state index in [1.54, 1.807) is 17.5 Å². The lowest BCUT2D eigenvalue weighted by Crippen LogP contribution is -2.31. The molecular weight excluding hydrogens is 647 g/mol.